The van der Waals surface area contributed by atoms with Gasteiger partial charge in [-0.3, -0.25) is 9.59 Å². The highest BCUT2D eigenvalue weighted by Gasteiger charge is 2.47. The topological polar surface area (TPSA) is 86.5 Å². The number of hydrogen-bond donors (Lipinski definition) is 2. The van der Waals surface area contributed by atoms with Crippen molar-refractivity contribution in [2.45, 2.75) is 38.3 Å². The van der Waals surface area contributed by atoms with Gasteiger partial charge in [0.1, 0.15) is 11.5 Å². The minimum Gasteiger partial charge on any atom is -0.507 e. The Morgan fingerprint density at radius 1 is 1.03 bits per heavy atom. The summed E-state index contributed by atoms with van der Waals surface area (Å²) in [6, 6.07) is 16.4. The Balaban J connectivity index is 1.53. The molecule has 1 aliphatic heterocycles. The van der Waals surface area contributed by atoms with E-state index in [9.17, 15) is 14.7 Å². The third kappa shape index (κ3) is 3.25. The van der Waals surface area contributed by atoms with E-state index < -0.39 is 17.7 Å². The number of aliphatic hydroxyl groups is 1. The number of nitrogens with zero attached hydrogens (tertiary/aromatic N) is 1. The highest BCUT2D eigenvalue weighted by molar-refractivity contribution is 6.46. The van der Waals surface area contributed by atoms with Crippen molar-refractivity contribution in [2.24, 2.45) is 0 Å². The number of aromatic nitrogens is 1. The van der Waals surface area contributed by atoms with Crippen LogP contribution in [0.3, 0.4) is 0 Å². The SMILES string of the molecule is O=C1C(=O)N(Cc2ccco2)C(c2c[nH]c3ccccc23)/C1=C(\O)c1ccc2c(c1)CCCC2. The van der Waals surface area contributed by atoms with E-state index in [2.05, 4.69) is 4.98 Å². The number of aliphatic hydroxyl groups excluding tert-OH is 1. The van der Waals surface area contributed by atoms with Crippen LogP contribution < -0.4 is 0 Å². The standard InChI is InChI=1S/C28H24N2O4/c31-26(19-12-11-17-6-1-2-7-18(17)14-19)24-25(22-15-29-23-10-4-3-9-21(22)23)30(28(33)27(24)32)16-20-8-5-13-34-20/h3-5,8-15,25,29,31H,1-2,6-7,16H2/b26-24+. The number of ketones is 1. The lowest BCUT2D eigenvalue weighted by Gasteiger charge is -2.24. The normalized spacial score (nSPS) is 19.6. The number of likely N-dealkylation sites (tertiary alicyclic amines) is 1. The maximum Gasteiger partial charge on any atom is 0.296 e. The molecule has 0 bridgehead atoms. The number of hydrogen-bond acceptors (Lipinski definition) is 4. The van der Waals surface area contributed by atoms with Gasteiger partial charge in [0.15, 0.2) is 0 Å². The van der Waals surface area contributed by atoms with Crippen LogP contribution in [-0.4, -0.2) is 26.7 Å². The first kappa shape index (κ1) is 20.5. The van der Waals surface area contributed by atoms with Crippen LogP contribution in [0.25, 0.3) is 16.7 Å². The maximum absolute atomic E-state index is 13.3. The van der Waals surface area contributed by atoms with Crippen LogP contribution in [0.1, 0.15) is 46.9 Å². The van der Waals surface area contributed by atoms with Gasteiger partial charge in [-0.05, 0) is 61.1 Å². The van der Waals surface area contributed by atoms with Gasteiger partial charge < -0.3 is 19.4 Å². The second kappa shape index (κ2) is 8.06. The van der Waals surface area contributed by atoms with Gasteiger partial charge in [-0.1, -0.05) is 30.3 Å². The number of nitrogens with one attached hydrogen (secondary N) is 1. The fourth-order valence-electron chi connectivity index (χ4n) is 5.29. The molecule has 0 radical (unpaired) electrons. The largest absolute Gasteiger partial charge is 0.507 e. The van der Waals surface area contributed by atoms with Crippen molar-refractivity contribution in [3.63, 3.8) is 0 Å². The van der Waals surface area contributed by atoms with Gasteiger partial charge in [-0.15, -0.1) is 0 Å². The Kier molecular flexibility index (Phi) is 4.87. The van der Waals surface area contributed by atoms with Crippen LogP contribution in [0.15, 0.2) is 77.0 Å². The number of Topliss-reactive ketones (excluding diaryl/α,β-unsaturated/α-hetero) is 1. The molecule has 0 spiro atoms. The number of carbonyl (C=O) groups excluding carboxylic acids is 2. The van der Waals surface area contributed by atoms with Crippen molar-refractivity contribution in [3.05, 3.63) is 101 Å². The Morgan fingerprint density at radius 2 is 1.85 bits per heavy atom. The number of rotatable bonds is 4. The zero-order chi connectivity index (χ0) is 23.2. The number of benzene rings is 2. The van der Waals surface area contributed by atoms with E-state index >= 15 is 0 Å². The van der Waals surface area contributed by atoms with Crippen molar-refractivity contribution in [1.29, 1.82) is 0 Å². The van der Waals surface area contributed by atoms with Crippen molar-refractivity contribution >= 4 is 28.4 Å². The van der Waals surface area contributed by atoms with Crippen LogP contribution in [0, 0.1) is 0 Å². The number of carbonyl (C=O) groups is 2. The van der Waals surface area contributed by atoms with Crippen LogP contribution >= 0.6 is 0 Å². The molecule has 0 saturated carbocycles. The summed E-state index contributed by atoms with van der Waals surface area (Å²) in [7, 11) is 0. The van der Waals surface area contributed by atoms with E-state index in [1.54, 1.807) is 18.4 Å². The summed E-state index contributed by atoms with van der Waals surface area (Å²) >= 11 is 0. The molecule has 1 saturated heterocycles. The van der Waals surface area contributed by atoms with Gasteiger partial charge >= 0.3 is 0 Å². The maximum atomic E-state index is 13.3. The lowest BCUT2D eigenvalue weighted by atomic mass is 9.88. The first-order valence-corrected chi connectivity index (χ1v) is 11.6. The number of para-hydroxylation sites is 1. The molecule has 1 aliphatic carbocycles. The van der Waals surface area contributed by atoms with Crippen LogP contribution in [0.2, 0.25) is 0 Å². The molecule has 6 nitrogen and oxygen atoms in total. The molecule has 1 unspecified atom stereocenters. The minimum absolute atomic E-state index is 0.108. The van der Waals surface area contributed by atoms with Crippen molar-refractivity contribution < 1.29 is 19.1 Å². The van der Waals surface area contributed by atoms with E-state index in [1.165, 1.54) is 16.0 Å². The summed E-state index contributed by atoms with van der Waals surface area (Å²) in [5, 5.41) is 12.3. The Labute approximate surface area is 196 Å². The molecule has 2 aliphatic rings. The van der Waals surface area contributed by atoms with E-state index in [1.807, 2.05) is 48.7 Å². The predicted octanol–water partition coefficient (Wildman–Crippen LogP) is 5.26. The number of aryl methyl sites for hydroxylation is 2. The average molecular weight is 453 g/mol. The van der Waals surface area contributed by atoms with Crippen LogP contribution in [-0.2, 0) is 29.0 Å². The fraction of sp³-hybridized carbons (Fsp3) is 0.214. The zero-order valence-electron chi connectivity index (χ0n) is 18.6. The molecule has 2 aromatic heterocycles. The number of aromatic amines is 1. The average Bonchev–Trinajstić information content (AvgIpc) is 3.59. The molecule has 2 N–H and O–H groups in total. The fourth-order valence-corrected chi connectivity index (χ4v) is 5.29. The number of furan rings is 1. The predicted molar refractivity (Wildman–Crippen MR) is 128 cm³/mol. The molecule has 1 amide bonds. The summed E-state index contributed by atoms with van der Waals surface area (Å²) in [6.45, 7) is 0.128. The second-order valence-corrected chi connectivity index (χ2v) is 8.99. The molecule has 170 valence electrons. The van der Waals surface area contributed by atoms with Gasteiger partial charge in [0.2, 0.25) is 0 Å². The lowest BCUT2D eigenvalue weighted by molar-refractivity contribution is -0.140. The first-order valence-electron chi connectivity index (χ1n) is 11.6. The highest BCUT2D eigenvalue weighted by atomic mass is 16.3. The van der Waals surface area contributed by atoms with Gasteiger partial charge in [0.05, 0.1) is 24.4 Å². The third-order valence-electron chi connectivity index (χ3n) is 6.98. The molecule has 3 heterocycles. The Morgan fingerprint density at radius 3 is 2.68 bits per heavy atom. The molecular weight excluding hydrogens is 428 g/mol. The first-order chi connectivity index (χ1) is 16.6. The van der Waals surface area contributed by atoms with Crippen molar-refractivity contribution in [1.82, 2.24) is 9.88 Å². The third-order valence-corrected chi connectivity index (χ3v) is 6.98. The zero-order valence-corrected chi connectivity index (χ0v) is 18.6. The molecule has 2 aromatic carbocycles. The minimum atomic E-state index is -0.739. The quantitative estimate of drug-likeness (QED) is 0.251. The van der Waals surface area contributed by atoms with Crippen LogP contribution in [0.5, 0.6) is 0 Å². The van der Waals surface area contributed by atoms with Crippen molar-refractivity contribution in [2.75, 3.05) is 0 Å². The van der Waals surface area contributed by atoms with E-state index in [0.717, 1.165) is 42.1 Å². The Hall–Kier alpha value is -4.06. The molecular formula is C28H24N2O4. The summed E-state index contributed by atoms with van der Waals surface area (Å²) in [5.41, 5.74) is 4.83. The van der Waals surface area contributed by atoms with Crippen LogP contribution in [0.4, 0.5) is 0 Å². The lowest BCUT2D eigenvalue weighted by Crippen LogP contribution is -2.29. The van der Waals surface area contributed by atoms with E-state index in [-0.39, 0.29) is 17.9 Å². The highest BCUT2D eigenvalue weighted by Crippen LogP contribution is 2.43. The van der Waals surface area contributed by atoms with Crippen molar-refractivity contribution in [3.8, 4) is 0 Å². The number of amides is 1. The molecule has 6 rings (SSSR count). The summed E-state index contributed by atoms with van der Waals surface area (Å²) < 4.78 is 5.48. The molecule has 1 atom stereocenters. The number of H-pyrrole nitrogens is 1. The summed E-state index contributed by atoms with van der Waals surface area (Å²) in [6.07, 6.45) is 7.61. The van der Waals surface area contributed by atoms with Gasteiger partial charge in [-0.2, -0.15) is 0 Å². The number of fused-ring (bicyclic) bond motifs is 2. The van der Waals surface area contributed by atoms with E-state index in [4.69, 9.17) is 4.42 Å². The summed E-state index contributed by atoms with van der Waals surface area (Å²) in [4.78, 5) is 31.3. The van der Waals surface area contributed by atoms with Gasteiger partial charge in [0, 0.05) is 28.2 Å². The smallest absolute Gasteiger partial charge is 0.296 e. The molecule has 34 heavy (non-hydrogen) atoms. The Bertz CT molecular complexity index is 1440. The molecule has 4 aromatic rings. The van der Waals surface area contributed by atoms with Gasteiger partial charge in [-0.25, -0.2) is 0 Å². The second-order valence-electron chi connectivity index (χ2n) is 8.99. The monoisotopic (exact) mass is 452 g/mol. The molecule has 1 fully saturated rings. The summed E-state index contributed by atoms with van der Waals surface area (Å²) in [5.74, 6) is -0.896. The molecule has 6 heteroatoms. The van der Waals surface area contributed by atoms with Gasteiger partial charge in [0.25, 0.3) is 11.7 Å². The van der Waals surface area contributed by atoms with E-state index in [0.29, 0.717) is 11.3 Å².